The van der Waals surface area contributed by atoms with Gasteiger partial charge >= 0.3 is 0 Å². The van der Waals surface area contributed by atoms with E-state index in [9.17, 15) is 4.79 Å². The van der Waals surface area contributed by atoms with E-state index in [0.717, 1.165) is 5.69 Å². The largest absolute Gasteiger partial charge is 0.339 e. The molecule has 0 saturated carbocycles. The van der Waals surface area contributed by atoms with Crippen molar-refractivity contribution in [2.75, 3.05) is 13.6 Å². The lowest BCUT2D eigenvalue weighted by Crippen LogP contribution is -2.31. The second kappa shape index (κ2) is 5.26. The van der Waals surface area contributed by atoms with E-state index < -0.39 is 0 Å². The Balaban J connectivity index is 2.76. The quantitative estimate of drug-likeness (QED) is 0.790. The molecular weight excluding hydrogens is 256 g/mol. The fraction of sp³-hybridized carbons (Fsp3) is 0.455. The second-order valence-electron chi connectivity index (χ2n) is 3.63. The van der Waals surface area contributed by atoms with Crippen LogP contribution in [0.15, 0.2) is 18.2 Å². The number of pyridine rings is 1. The number of halogens is 1. The predicted molar refractivity (Wildman–Crippen MR) is 64.3 cm³/mol. The third-order valence-electron chi connectivity index (χ3n) is 1.98. The van der Waals surface area contributed by atoms with Gasteiger partial charge in [-0.2, -0.15) is 0 Å². The molecule has 0 N–H and O–H groups in total. The number of hydrogen-bond acceptors (Lipinski definition) is 2. The van der Waals surface area contributed by atoms with Gasteiger partial charge in [0.2, 0.25) is 0 Å². The minimum absolute atomic E-state index is 0.0370. The summed E-state index contributed by atoms with van der Waals surface area (Å²) in [6.45, 7) is 4.56. The van der Waals surface area contributed by atoms with Crippen LogP contribution in [0.3, 0.4) is 0 Å². The van der Waals surface area contributed by atoms with Crippen LogP contribution in [0, 0.1) is 6.92 Å². The van der Waals surface area contributed by atoms with Gasteiger partial charge in [0.25, 0.3) is 5.91 Å². The summed E-state index contributed by atoms with van der Waals surface area (Å²) in [5.41, 5.74) is 1.37. The number of carbonyl (C=O) groups is 1. The molecule has 0 spiro atoms. The Morgan fingerprint density at radius 3 is 2.80 bits per heavy atom. The summed E-state index contributed by atoms with van der Waals surface area (Å²) < 4.78 is 0. The van der Waals surface area contributed by atoms with E-state index >= 15 is 0 Å². The summed E-state index contributed by atoms with van der Waals surface area (Å²) in [7, 11) is 1.78. The summed E-state index contributed by atoms with van der Waals surface area (Å²) >= 11 is 3.42. The molecule has 4 heteroatoms. The van der Waals surface area contributed by atoms with Crippen molar-refractivity contribution in [2.24, 2.45) is 0 Å². The summed E-state index contributed by atoms with van der Waals surface area (Å²) in [6.07, 6.45) is 0. The normalized spacial score (nSPS) is 12.3. The maximum absolute atomic E-state index is 11.9. The Kier molecular flexibility index (Phi) is 4.27. The number of aromatic nitrogens is 1. The molecule has 82 valence electrons. The molecule has 1 aromatic rings. The molecule has 1 aromatic heterocycles. The minimum atomic E-state index is -0.0370. The molecule has 1 unspecified atom stereocenters. The highest BCUT2D eigenvalue weighted by molar-refractivity contribution is 9.09. The minimum Gasteiger partial charge on any atom is -0.339 e. The molecule has 0 aliphatic carbocycles. The lowest BCUT2D eigenvalue weighted by atomic mass is 10.3. The van der Waals surface area contributed by atoms with E-state index in [0.29, 0.717) is 12.2 Å². The van der Waals surface area contributed by atoms with Gasteiger partial charge in [-0.1, -0.05) is 28.9 Å². The van der Waals surface area contributed by atoms with E-state index in [1.165, 1.54) is 0 Å². The molecule has 0 aromatic carbocycles. The van der Waals surface area contributed by atoms with Crippen molar-refractivity contribution in [3.05, 3.63) is 29.6 Å². The van der Waals surface area contributed by atoms with Crippen LogP contribution < -0.4 is 0 Å². The van der Waals surface area contributed by atoms with Crippen LogP contribution >= 0.6 is 15.9 Å². The molecule has 0 aliphatic rings. The van der Waals surface area contributed by atoms with Gasteiger partial charge < -0.3 is 4.90 Å². The summed E-state index contributed by atoms with van der Waals surface area (Å²) in [6, 6.07) is 5.47. The van der Waals surface area contributed by atoms with Crippen LogP contribution in [-0.2, 0) is 0 Å². The fourth-order valence-electron chi connectivity index (χ4n) is 1.32. The van der Waals surface area contributed by atoms with E-state index in [1.807, 2.05) is 26.0 Å². The first-order valence-corrected chi connectivity index (χ1v) is 5.75. The van der Waals surface area contributed by atoms with Gasteiger partial charge in [0.15, 0.2) is 0 Å². The lowest BCUT2D eigenvalue weighted by molar-refractivity contribution is 0.0791. The highest BCUT2D eigenvalue weighted by Crippen LogP contribution is 2.05. The van der Waals surface area contributed by atoms with Crippen LogP contribution in [0.5, 0.6) is 0 Å². The monoisotopic (exact) mass is 270 g/mol. The number of alkyl halides is 1. The van der Waals surface area contributed by atoms with Gasteiger partial charge in [-0.3, -0.25) is 4.79 Å². The zero-order valence-corrected chi connectivity index (χ0v) is 10.8. The molecule has 0 radical (unpaired) electrons. The summed E-state index contributed by atoms with van der Waals surface area (Å²) in [4.78, 5) is 18.0. The van der Waals surface area contributed by atoms with E-state index in [-0.39, 0.29) is 10.7 Å². The highest BCUT2D eigenvalue weighted by atomic mass is 79.9. The number of nitrogens with zero attached hydrogens (tertiary/aromatic N) is 2. The first kappa shape index (κ1) is 12.2. The van der Waals surface area contributed by atoms with Gasteiger partial charge in [0.05, 0.1) is 0 Å². The van der Waals surface area contributed by atoms with Crippen molar-refractivity contribution in [1.29, 1.82) is 0 Å². The van der Waals surface area contributed by atoms with Gasteiger partial charge in [-0.05, 0) is 19.1 Å². The van der Waals surface area contributed by atoms with Crippen molar-refractivity contribution < 1.29 is 4.79 Å². The zero-order chi connectivity index (χ0) is 11.4. The molecule has 1 atom stereocenters. The average Bonchev–Trinajstić information content (AvgIpc) is 2.15. The van der Waals surface area contributed by atoms with Crippen LogP contribution in [0.2, 0.25) is 0 Å². The molecule has 0 saturated heterocycles. The molecule has 0 aliphatic heterocycles. The van der Waals surface area contributed by atoms with E-state index in [2.05, 4.69) is 20.9 Å². The summed E-state index contributed by atoms with van der Waals surface area (Å²) in [5.74, 6) is -0.0370. The van der Waals surface area contributed by atoms with Gasteiger partial charge in [-0.15, -0.1) is 0 Å². The van der Waals surface area contributed by atoms with Crippen molar-refractivity contribution >= 4 is 21.8 Å². The Bertz CT molecular complexity index is 352. The Morgan fingerprint density at radius 1 is 1.60 bits per heavy atom. The standard InChI is InChI=1S/C11H15BrN2O/c1-8(12)7-14(3)11(15)10-6-4-5-9(2)13-10/h4-6,8H,7H2,1-3H3. The first-order chi connectivity index (χ1) is 7.00. The van der Waals surface area contributed by atoms with Crippen LogP contribution in [0.1, 0.15) is 23.1 Å². The predicted octanol–water partition coefficient (Wildman–Crippen LogP) is 2.25. The van der Waals surface area contributed by atoms with Gasteiger partial charge in [0.1, 0.15) is 5.69 Å². The highest BCUT2D eigenvalue weighted by Gasteiger charge is 2.14. The Hall–Kier alpha value is -0.900. The molecular formula is C11H15BrN2O. The van der Waals surface area contributed by atoms with Crippen molar-refractivity contribution in [3.8, 4) is 0 Å². The van der Waals surface area contributed by atoms with Gasteiger partial charge in [0, 0.05) is 24.1 Å². The van der Waals surface area contributed by atoms with Crippen molar-refractivity contribution in [2.45, 2.75) is 18.7 Å². The number of rotatable bonds is 3. The molecule has 0 bridgehead atoms. The molecule has 1 heterocycles. The lowest BCUT2D eigenvalue weighted by Gasteiger charge is -2.18. The van der Waals surface area contributed by atoms with Crippen LogP contribution in [0.25, 0.3) is 0 Å². The maximum Gasteiger partial charge on any atom is 0.272 e. The number of hydrogen-bond donors (Lipinski definition) is 0. The molecule has 15 heavy (non-hydrogen) atoms. The van der Waals surface area contributed by atoms with Crippen LogP contribution in [-0.4, -0.2) is 34.2 Å². The fourth-order valence-corrected chi connectivity index (χ4v) is 1.75. The summed E-state index contributed by atoms with van der Waals surface area (Å²) in [5, 5.41) is 0. The first-order valence-electron chi connectivity index (χ1n) is 4.84. The SMILES string of the molecule is Cc1cccc(C(=O)N(C)CC(C)Br)n1. The van der Waals surface area contributed by atoms with Crippen molar-refractivity contribution in [3.63, 3.8) is 0 Å². The molecule has 1 amide bonds. The zero-order valence-electron chi connectivity index (χ0n) is 9.20. The molecule has 3 nitrogen and oxygen atoms in total. The Labute approximate surface area is 98.6 Å². The third kappa shape index (κ3) is 3.63. The smallest absolute Gasteiger partial charge is 0.272 e. The number of amides is 1. The second-order valence-corrected chi connectivity index (χ2v) is 5.19. The molecule has 1 rings (SSSR count). The molecule has 0 fully saturated rings. The topological polar surface area (TPSA) is 33.2 Å². The van der Waals surface area contributed by atoms with Crippen LogP contribution in [0.4, 0.5) is 0 Å². The van der Waals surface area contributed by atoms with E-state index in [4.69, 9.17) is 0 Å². The maximum atomic E-state index is 11.9. The number of aryl methyl sites for hydroxylation is 1. The number of carbonyl (C=O) groups excluding carboxylic acids is 1. The van der Waals surface area contributed by atoms with Gasteiger partial charge in [-0.25, -0.2) is 4.98 Å². The average molecular weight is 271 g/mol. The van der Waals surface area contributed by atoms with E-state index in [1.54, 1.807) is 18.0 Å². The third-order valence-corrected chi connectivity index (χ3v) is 2.27. The van der Waals surface area contributed by atoms with Crippen molar-refractivity contribution in [1.82, 2.24) is 9.88 Å². The Morgan fingerprint density at radius 2 is 2.27 bits per heavy atom.